The average molecular weight is 297 g/mol. The van der Waals surface area contributed by atoms with Crippen molar-refractivity contribution >= 4 is 17.8 Å². The summed E-state index contributed by atoms with van der Waals surface area (Å²) >= 11 is 0. The van der Waals surface area contributed by atoms with Gasteiger partial charge in [-0.15, -0.1) is 0 Å². The summed E-state index contributed by atoms with van der Waals surface area (Å²) in [6.07, 6.45) is 0.855. The van der Waals surface area contributed by atoms with Crippen LogP contribution in [0.2, 0.25) is 0 Å². The van der Waals surface area contributed by atoms with Crippen LogP contribution >= 0.6 is 0 Å². The van der Waals surface area contributed by atoms with Crippen molar-refractivity contribution in [1.82, 2.24) is 4.90 Å². The number of aliphatic hydroxyl groups is 1. The largest absolute Gasteiger partial charge is 0.456 e. The number of imide groups is 1. The first kappa shape index (κ1) is 19.1. The van der Waals surface area contributed by atoms with Crippen molar-refractivity contribution in [1.29, 1.82) is 0 Å². The third kappa shape index (κ3) is 5.91. The maximum absolute atomic E-state index is 12.2. The van der Waals surface area contributed by atoms with Crippen LogP contribution in [0.3, 0.4) is 0 Å². The summed E-state index contributed by atoms with van der Waals surface area (Å²) in [7, 11) is 0. The molecule has 1 atom stereocenters. The van der Waals surface area contributed by atoms with E-state index in [4.69, 9.17) is 9.84 Å². The van der Waals surface area contributed by atoms with Gasteiger partial charge in [0.15, 0.2) is 0 Å². The molecule has 0 saturated heterocycles. The Morgan fingerprint density at radius 2 is 1.95 bits per heavy atom. The lowest BCUT2D eigenvalue weighted by Crippen LogP contribution is -2.43. The Hall–Kier alpha value is -1.95. The van der Waals surface area contributed by atoms with E-state index in [1.54, 1.807) is 6.92 Å². The first-order chi connectivity index (χ1) is 9.70. The van der Waals surface area contributed by atoms with E-state index in [2.05, 4.69) is 13.2 Å². The molecule has 0 bridgehead atoms. The van der Waals surface area contributed by atoms with E-state index in [9.17, 15) is 14.4 Å². The van der Waals surface area contributed by atoms with Crippen molar-refractivity contribution in [2.75, 3.05) is 13.2 Å². The number of rotatable bonds is 8. The van der Waals surface area contributed by atoms with E-state index in [1.165, 1.54) is 13.8 Å². The van der Waals surface area contributed by atoms with Gasteiger partial charge in [0.1, 0.15) is 5.60 Å². The molecule has 6 heteroatoms. The van der Waals surface area contributed by atoms with Gasteiger partial charge < -0.3 is 9.84 Å². The lowest BCUT2D eigenvalue weighted by atomic mass is 9.97. The quantitative estimate of drug-likeness (QED) is 0.537. The van der Waals surface area contributed by atoms with Crippen molar-refractivity contribution in [2.45, 2.75) is 39.2 Å². The van der Waals surface area contributed by atoms with Crippen LogP contribution in [-0.4, -0.2) is 46.5 Å². The van der Waals surface area contributed by atoms with Gasteiger partial charge in [-0.2, -0.15) is 0 Å². The fourth-order valence-electron chi connectivity index (χ4n) is 1.78. The van der Waals surface area contributed by atoms with Gasteiger partial charge in [0, 0.05) is 31.2 Å². The number of amides is 2. The Morgan fingerprint density at radius 3 is 2.33 bits per heavy atom. The molecule has 0 heterocycles. The van der Waals surface area contributed by atoms with Crippen LogP contribution in [0.4, 0.5) is 0 Å². The summed E-state index contributed by atoms with van der Waals surface area (Å²) in [6.45, 7) is 11.5. The molecule has 0 saturated carbocycles. The molecule has 0 fully saturated rings. The van der Waals surface area contributed by atoms with Gasteiger partial charge >= 0.3 is 5.97 Å². The van der Waals surface area contributed by atoms with Crippen LogP contribution in [-0.2, 0) is 19.1 Å². The number of carbonyl (C=O) groups excluding carboxylic acids is 3. The molecule has 0 aromatic carbocycles. The molecule has 0 aromatic heterocycles. The van der Waals surface area contributed by atoms with E-state index in [1.807, 2.05) is 0 Å². The lowest BCUT2D eigenvalue weighted by molar-refractivity contribution is -0.158. The minimum absolute atomic E-state index is 0.0805. The van der Waals surface area contributed by atoms with Gasteiger partial charge in [0.25, 0.3) is 5.91 Å². The summed E-state index contributed by atoms with van der Waals surface area (Å²) in [6, 6.07) is 0. The number of hydrogen-bond donors (Lipinski definition) is 1. The van der Waals surface area contributed by atoms with Gasteiger partial charge in [-0.3, -0.25) is 14.5 Å². The van der Waals surface area contributed by atoms with E-state index >= 15 is 0 Å². The van der Waals surface area contributed by atoms with Gasteiger partial charge in [0.2, 0.25) is 5.91 Å². The smallest absolute Gasteiger partial charge is 0.330 e. The van der Waals surface area contributed by atoms with Gasteiger partial charge in [-0.25, -0.2) is 4.79 Å². The van der Waals surface area contributed by atoms with Gasteiger partial charge in [-0.05, 0) is 20.8 Å². The molecule has 0 rings (SSSR count). The highest BCUT2D eigenvalue weighted by Gasteiger charge is 2.34. The van der Waals surface area contributed by atoms with Gasteiger partial charge in [-0.1, -0.05) is 13.2 Å². The second-order valence-electron chi connectivity index (χ2n) is 4.95. The highest BCUT2D eigenvalue weighted by atomic mass is 16.6. The summed E-state index contributed by atoms with van der Waals surface area (Å²) in [5.41, 5.74) is -0.947. The first-order valence-electron chi connectivity index (χ1n) is 6.67. The van der Waals surface area contributed by atoms with E-state index in [0.717, 1.165) is 11.0 Å². The van der Waals surface area contributed by atoms with E-state index in [-0.39, 0.29) is 31.6 Å². The molecule has 1 unspecified atom stereocenters. The van der Waals surface area contributed by atoms with E-state index in [0.29, 0.717) is 0 Å². The minimum Gasteiger partial charge on any atom is -0.456 e. The predicted molar refractivity (Wildman–Crippen MR) is 78.2 cm³/mol. The molecular weight excluding hydrogens is 274 g/mol. The monoisotopic (exact) mass is 297 g/mol. The molecule has 0 aliphatic rings. The highest BCUT2D eigenvalue weighted by molar-refractivity contribution is 6.03. The minimum atomic E-state index is -1.19. The summed E-state index contributed by atoms with van der Waals surface area (Å²) in [5, 5.41) is 9.07. The van der Waals surface area contributed by atoms with Crippen molar-refractivity contribution in [3.05, 3.63) is 24.8 Å². The number of aliphatic hydroxyl groups excluding tert-OH is 1. The first-order valence-corrected chi connectivity index (χ1v) is 6.67. The fraction of sp³-hybridized carbons (Fsp3) is 0.533. The molecule has 0 radical (unpaired) electrons. The molecule has 21 heavy (non-hydrogen) atoms. The molecule has 118 valence electrons. The standard InChI is InChI=1S/C15H23NO5/c1-6-13(19)21-15(5,8-9-17)10-12(18)16(7-2)14(20)11(3)4/h6,17H,1,3,7-10H2,2,4-5H3. The Morgan fingerprint density at radius 1 is 1.38 bits per heavy atom. The fourth-order valence-corrected chi connectivity index (χ4v) is 1.78. The maximum atomic E-state index is 12.2. The molecule has 1 N–H and O–H groups in total. The number of nitrogens with zero attached hydrogens (tertiary/aromatic N) is 1. The number of hydrogen-bond acceptors (Lipinski definition) is 5. The highest BCUT2D eigenvalue weighted by Crippen LogP contribution is 2.22. The number of ether oxygens (including phenoxy) is 1. The maximum Gasteiger partial charge on any atom is 0.330 e. The SMILES string of the molecule is C=CC(=O)OC(C)(CCO)CC(=O)N(CC)C(=O)C(=C)C. The Kier molecular flexibility index (Phi) is 7.59. The molecule has 6 nitrogen and oxygen atoms in total. The lowest BCUT2D eigenvalue weighted by Gasteiger charge is -2.30. The summed E-state index contributed by atoms with van der Waals surface area (Å²) in [5.74, 6) is -1.64. The van der Waals surface area contributed by atoms with E-state index < -0.39 is 23.4 Å². The topological polar surface area (TPSA) is 83.9 Å². The van der Waals surface area contributed by atoms with Crippen LogP contribution in [0, 0.1) is 0 Å². The van der Waals surface area contributed by atoms with Crippen molar-refractivity contribution in [2.24, 2.45) is 0 Å². The molecular formula is C15H23NO5. The van der Waals surface area contributed by atoms with Crippen LogP contribution in [0.1, 0.15) is 33.6 Å². The average Bonchev–Trinajstić information content (AvgIpc) is 2.38. The Labute approximate surface area is 125 Å². The number of carbonyl (C=O) groups is 3. The van der Waals surface area contributed by atoms with Crippen molar-refractivity contribution in [3.8, 4) is 0 Å². The molecule has 2 amide bonds. The predicted octanol–water partition coefficient (Wildman–Crippen LogP) is 1.20. The zero-order valence-electron chi connectivity index (χ0n) is 12.8. The molecule has 0 aliphatic heterocycles. The van der Waals surface area contributed by atoms with Crippen LogP contribution in [0.15, 0.2) is 24.8 Å². The van der Waals surface area contributed by atoms with Crippen LogP contribution in [0.25, 0.3) is 0 Å². The second-order valence-corrected chi connectivity index (χ2v) is 4.95. The third-order valence-electron chi connectivity index (χ3n) is 2.91. The van der Waals surface area contributed by atoms with Crippen LogP contribution in [0.5, 0.6) is 0 Å². The van der Waals surface area contributed by atoms with Crippen molar-refractivity contribution < 1.29 is 24.2 Å². The normalized spacial score (nSPS) is 13.0. The molecule has 0 aliphatic carbocycles. The summed E-state index contributed by atoms with van der Waals surface area (Å²) in [4.78, 5) is 36.5. The van der Waals surface area contributed by atoms with Gasteiger partial charge in [0.05, 0.1) is 6.42 Å². The number of likely N-dealkylation sites (N-methyl/N-ethyl adjacent to an activating group) is 1. The van der Waals surface area contributed by atoms with Crippen LogP contribution < -0.4 is 0 Å². The molecule has 0 aromatic rings. The summed E-state index contributed by atoms with van der Waals surface area (Å²) < 4.78 is 5.13. The molecule has 0 spiro atoms. The zero-order valence-corrected chi connectivity index (χ0v) is 12.8. The second kappa shape index (κ2) is 8.36. The number of esters is 1. The zero-order chi connectivity index (χ0) is 16.6. The third-order valence-corrected chi connectivity index (χ3v) is 2.91. The Bertz CT molecular complexity index is 443. The Balaban J connectivity index is 5.10. The van der Waals surface area contributed by atoms with Crippen molar-refractivity contribution in [3.63, 3.8) is 0 Å².